The molecule has 3 nitrogen and oxygen atoms in total. The minimum Gasteiger partial charge on any atom is -0.346 e. The van der Waals surface area contributed by atoms with Crippen molar-refractivity contribution in [1.29, 1.82) is 0 Å². The van der Waals surface area contributed by atoms with Crippen LogP contribution in [-0.4, -0.2) is 30.4 Å². The standard InChI is InChI=1S/C13H26N2O/c1-3-4-9-15(2)13(16)10-11-7-5-6-8-12(11)14/h11-12H,3-10,14H2,1-2H3. The van der Waals surface area contributed by atoms with Crippen LogP contribution < -0.4 is 5.73 Å². The molecular formula is C13H26N2O. The predicted octanol–water partition coefficient (Wildman–Crippen LogP) is 2.15. The molecule has 0 spiro atoms. The molecule has 3 heteroatoms. The molecule has 0 radical (unpaired) electrons. The van der Waals surface area contributed by atoms with E-state index in [1.807, 2.05) is 11.9 Å². The summed E-state index contributed by atoms with van der Waals surface area (Å²) in [5, 5.41) is 0. The van der Waals surface area contributed by atoms with Crippen LogP contribution in [0.2, 0.25) is 0 Å². The number of nitrogens with two attached hydrogens (primary N) is 1. The highest BCUT2D eigenvalue weighted by atomic mass is 16.2. The van der Waals surface area contributed by atoms with Crippen LogP contribution in [0, 0.1) is 5.92 Å². The Labute approximate surface area is 99.4 Å². The highest BCUT2D eigenvalue weighted by Crippen LogP contribution is 2.26. The summed E-state index contributed by atoms with van der Waals surface area (Å²) in [4.78, 5) is 13.8. The number of carbonyl (C=O) groups is 1. The molecule has 0 aromatic heterocycles. The number of hydrogen-bond acceptors (Lipinski definition) is 2. The van der Waals surface area contributed by atoms with Gasteiger partial charge in [0.1, 0.15) is 0 Å². The molecule has 0 aliphatic heterocycles. The number of amides is 1. The molecule has 2 unspecified atom stereocenters. The molecule has 0 heterocycles. The molecule has 1 fully saturated rings. The van der Waals surface area contributed by atoms with E-state index in [9.17, 15) is 4.79 Å². The van der Waals surface area contributed by atoms with E-state index in [1.54, 1.807) is 0 Å². The maximum atomic E-state index is 11.9. The lowest BCUT2D eigenvalue weighted by Crippen LogP contribution is -2.37. The Bertz CT molecular complexity index is 218. The van der Waals surface area contributed by atoms with E-state index in [2.05, 4.69) is 6.92 Å². The molecule has 2 N–H and O–H groups in total. The van der Waals surface area contributed by atoms with Gasteiger partial charge in [-0.25, -0.2) is 0 Å². The number of nitrogens with zero attached hydrogens (tertiary/aromatic N) is 1. The predicted molar refractivity (Wildman–Crippen MR) is 67.1 cm³/mol. The van der Waals surface area contributed by atoms with Crippen molar-refractivity contribution in [3.05, 3.63) is 0 Å². The second kappa shape index (κ2) is 6.89. The third kappa shape index (κ3) is 4.12. The van der Waals surface area contributed by atoms with Crippen molar-refractivity contribution in [2.75, 3.05) is 13.6 Å². The van der Waals surface area contributed by atoms with Gasteiger partial charge in [0, 0.05) is 26.1 Å². The lowest BCUT2D eigenvalue weighted by molar-refractivity contribution is -0.131. The van der Waals surface area contributed by atoms with Crippen LogP contribution in [-0.2, 0) is 4.79 Å². The minimum atomic E-state index is 0.247. The van der Waals surface area contributed by atoms with Gasteiger partial charge in [-0.2, -0.15) is 0 Å². The van der Waals surface area contributed by atoms with Crippen LogP contribution in [0.1, 0.15) is 51.9 Å². The largest absolute Gasteiger partial charge is 0.346 e. The van der Waals surface area contributed by atoms with E-state index in [4.69, 9.17) is 5.73 Å². The summed E-state index contributed by atoms with van der Waals surface area (Å²) in [5.74, 6) is 0.695. The molecule has 1 aliphatic carbocycles. The van der Waals surface area contributed by atoms with Crippen LogP contribution in [0.4, 0.5) is 0 Å². The van der Waals surface area contributed by atoms with Gasteiger partial charge in [-0.3, -0.25) is 4.79 Å². The molecule has 0 aromatic rings. The summed E-state index contributed by atoms with van der Waals surface area (Å²) >= 11 is 0. The van der Waals surface area contributed by atoms with E-state index in [0.29, 0.717) is 12.3 Å². The highest BCUT2D eigenvalue weighted by Gasteiger charge is 2.25. The first-order valence-corrected chi connectivity index (χ1v) is 6.64. The fourth-order valence-corrected chi connectivity index (χ4v) is 2.39. The summed E-state index contributed by atoms with van der Waals surface area (Å²) in [6.07, 6.45) is 7.59. The van der Waals surface area contributed by atoms with Gasteiger partial charge in [-0.15, -0.1) is 0 Å². The second-order valence-electron chi connectivity index (χ2n) is 5.08. The summed E-state index contributed by atoms with van der Waals surface area (Å²) in [7, 11) is 1.91. The Morgan fingerprint density at radius 3 is 2.69 bits per heavy atom. The third-order valence-electron chi connectivity index (χ3n) is 3.68. The SMILES string of the molecule is CCCCN(C)C(=O)CC1CCCCC1N. The Hall–Kier alpha value is -0.570. The van der Waals surface area contributed by atoms with Gasteiger partial charge in [0.15, 0.2) is 0 Å². The van der Waals surface area contributed by atoms with Gasteiger partial charge in [0.25, 0.3) is 0 Å². The van der Waals surface area contributed by atoms with Crippen molar-refractivity contribution >= 4 is 5.91 Å². The van der Waals surface area contributed by atoms with E-state index < -0.39 is 0 Å². The average Bonchev–Trinajstić information content (AvgIpc) is 2.28. The van der Waals surface area contributed by atoms with Crippen molar-refractivity contribution in [1.82, 2.24) is 4.90 Å². The average molecular weight is 226 g/mol. The van der Waals surface area contributed by atoms with Gasteiger partial charge < -0.3 is 10.6 Å². The first-order chi connectivity index (χ1) is 7.65. The van der Waals surface area contributed by atoms with Gasteiger partial charge >= 0.3 is 0 Å². The molecular weight excluding hydrogens is 200 g/mol. The van der Waals surface area contributed by atoms with E-state index >= 15 is 0 Å². The van der Waals surface area contributed by atoms with Crippen LogP contribution in [0.5, 0.6) is 0 Å². The third-order valence-corrected chi connectivity index (χ3v) is 3.68. The van der Waals surface area contributed by atoms with Gasteiger partial charge in [0.05, 0.1) is 0 Å². The van der Waals surface area contributed by atoms with E-state index in [-0.39, 0.29) is 11.9 Å². The molecule has 1 aliphatic rings. The van der Waals surface area contributed by atoms with Gasteiger partial charge in [0.2, 0.25) is 5.91 Å². The fourth-order valence-electron chi connectivity index (χ4n) is 2.39. The number of carbonyl (C=O) groups excluding carboxylic acids is 1. The highest BCUT2D eigenvalue weighted by molar-refractivity contribution is 5.76. The molecule has 1 amide bonds. The quantitative estimate of drug-likeness (QED) is 0.781. The van der Waals surface area contributed by atoms with Crippen LogP contribution >= 0.6 is 0 Å². The molecule has 2 atom stereocenters. The van der Waals surface area contributed by atoms with Crippen LogP contribution in [0.3, 0.4) is 0 Å². The Balaban J connectivity index is 2.31. The zero-order valence-electron chi connectivity index (χ0n) is 10.7. The summed E-state index contributed by atoms with van der Waals surface area (Å²) in [6, 6.07) is 0.247. The van der Waals surface area contributed by atoms with Crippen LogP contribution in [0.15, 0.2) is 0 Å². The normalized spacial score (nSPS) is 25.4. The van der Waals surface area contributed by atoms with Crippen molar-refractivity contribution in [2.24, 2.45) is 11.7 Å². The lowest BCUT2D eigenvalue weighted by atomic mass is 9.83. The number of hydrogen-bond donors (Lipinski definition) is 1. The summed E-state index contributed by atoms with van der Waals surface area (Å²) in [5.41, 5.74) is 6.06. The van der Waals surface area contributed by atoms with Gasteiger partial charge in [-0.05, 0) is 25.2 Å². The fraction of sp³-hybridized carbons (Fsp3) is 0.923. The number of unbranched alkanes of at least 4 members (excludes halogenated alkanes) is 1. The molecule has 16 heavy (non-hydrogen) atoms. The molecule has 0 saturated heterocycles. The number of rotatable bonds is 5. The van der Waals surface area contributed by atoms with Crippen molar-refractivity contribution in [3.63, 3.8) is 0 Å². The molecule has 0 aromatic carbocycles. The zero-order valence-corrected chi connectivity index (χ0v) is 10.7. The lowest BCUT2D eigenvalue weighted by Gasteiger charge is -2.29. The van der Waals surface area contributed by atoms with Crippen LogP contribution in [0.25, 0.3) is 0 Å². The Morgan fingerprint density at radius 2 is 2.06 bits per heavy atom. The van der Waals surface area contributed by atoms with Crippen molar-refractivity contribution in [3.8, 4) is 0 Å². The Morgan fingerprint density at radius 1 is 1.38 bits per heavy atom. The maximum Gasteiger partial charge on any atom is 0.222 e. The maximum absolute atomic E-state index is 11.9. The smallest absolute Gasteiger partial charge is 0.222 e. The van der Waals surface area contributed by atoms with Crippen molar-refractivity contribution in [2.45, 2.75) is 57.9 Å². The van der Waals surface area contributed by atoms with Crippen molar-refractivity contribution < 1.29 is 4.79 Å². The molecule has 94 valence electrons. The summed E-state index contributed by atoms with van der Waals surface area (Å²) < 4.78 is 0. The molecule has 0 bridgehead atoms. The second-order valence-corrected chi connectivity index (χ2v) is 5.08. The molecule has 1 rings (SSSR count). The van der Waals surface area contributed by atoms with E-state index in [1.165, 1.54) is 12.8 Å². The Kier molecular flexibility index (Phi) is 5.81. The zero-order chi connectivity index (χ0) is 12.0. The monoisotopic (exact) mass is 226 g/mol. The molecule has 1 saturated carbocycles. The van der Waals surface area contributed by atoms with Gasteiger partial charge in [-0.1, -0.05) is 26.2 Å². The topological polar surface area (TPSA) is 46.3 Å². The van der Waals surface area contributed by atoms with E-state index in [0.717, 1.165) is 32.2 Å². The minimum absolute atomic E-state index is 0.247. The first-order valence-electron chi connectivity index (χ1n) is 6.64. The first kappa shape index (κ1) is 13.5. The summed E-state index contributed by atoms with van der Waals surface area (Å²) in [6.45, 7) is 3.03.